The van der Waals surface area contributed by atoms with Gasteiger partial charge in [0.1, 0.15) is 12.1 Å². The van der Waals surface area contributed by atoms with Crippen LogP contribution in [-0.4, -0.2) is 54.1 Å². The molecular weight excluding hydrogens is 404 g/mol. The summed E-state index contributed by atoms with van der Waals surface area (Å²) < 4.78 is 26.8. The molecule has 1 amide bonds. The van der Waals surface area contributed by atoms with E-state index in [0.717, 1.165) is 37.7 Å². The predicted octanol–water partition coefficient (Wildman–Crippen LogP) is 2.95. The van der Waals surface area contributed by atoms with Crippen LogP contribution in [0.5, 0.6) is 0 Å². The number of unbranched alkanes of at least 4 members (excludes halogenated alkanes) is 5. The van der Waals surface area contributed by atoms with Gasteiger partial charge in [-0.25, -0.2) is 13.2 Å². The van der Waals surface area contributed by atoms with Gasteiger partial charge in [-0.1, -0.05) is 69.4 Å². The first-order chi connectivity index (χ1) is 14.3. The van der Waals surface area contributed by atoms with E-state index in [-0.39, 0.29) is 12.2 Å². The van der Waals surface area contributed by atoms with Crippen molar-refractivity contribution in [3.8, 4) is 0 Å². The largest absolute Gasteiger partial charge is 0.480 e. The summed E-state index contributed by atoms with van der Waals surface area (Å²) in [6, 6.07) is 7.14. The zero-order valence-electron chi connectivity index (χ0n) is 17.8. The minimum absolute atomic E-state index is 0.0370. The first kappa shape index (κ1) is 24.3. The number of nitrogens with one attached hydrogen (secondary N) is 1. The normalized spacial score (nSPS) is 18.2. The van der Waals surface area contributed by atoms with Crippen LogP contribution >= 0.6 is 0 Å². The Morgan fingerprint density at radius 2 is 1.80 bits per heavy atom. The van der Waals surface area contributed by atoms with Crippen molar-refractivity contribution in [3.05, 3.63) is 35.9 Å². The summed E-state index contributed by atoms with van der Waals surface area (Å²) in [5.41, 5.74) is 0.796. The Morgan fingerprint density at radius 1 is 1.13 bits per heavy atom. The summed E-state index contributed by atoms with van der Waals surface area (Å²) in [5, 5.41) is 12.1. The van der Waals surface area contributed by atoms with Crippen molar-refractivity contribution in [3.63, 3.8) is 0 Å². The molecule has 168 valence electrons. The number of hydrogen-bond donors (Lipinski definition) is 2. The topological polar surface area (TPSA) is 104 Å². The Labute approximate surface area is 179 Å². The Kier molecular flexibility index (Phi) is 9.78. The van der Waals surface area contributed by atoms with Gasteiger partial charge in [0.15, 0.2) is 0 Å². The predicted molar refractivity (Wildman–Crippen MR) is 117 cm³/mol. The van der Waals surface area contributed by atoms with Gasteiger partial charge < -0.3 is 10.4 Å². The molecule has 0 aromatic heterocycles. The first-order valence-electron chi connectivity index (χ1n) is 10.9. The van der Waals surface area contributed by atoms with E-state index in [2.05, 4.69) is 12.2 Å². The summed E-state index contributed by atoms with van der Waals surface area (Å²) in [4.78, 5) is 24.4. The fraction of sp³-hybridized carbons (Fsp3) is 0.636. The van der Waals surface area contributed by atoms with Gasteiger partial charge in [0.05, 0.1) is 5.75 Å². The smallest absolute Gasteiger partial charge is 0.326 e. The van der Waals surface area contributed by atoms with Crippen molar-refractivity contribution in [1.82, 2.24) is 9.62 Å². The Morgan fingerprint density at radius 3 is 2.47 bits per heavy atom. The number of sulfonamides is 1. The maximum absolute atomic E-state index is 12.8. The molecular formula is C22H34N2O5S. The molecule has 7 nitrogen and oxygen atoms in total. The lowest BCUT2D eigenvalue weighted by Crippen LogP contribution is -2.51. The van der Waals surface area contributed by atoms with E-state index >= 15 is 0 Å². The van der Waals surface area contributed by atoms with Crippen molar-refractivity contribution in [2.75, 3.05) is 12.3 Å². The highest BCUT2D eigenvalue weighted by Gasteiger charge is 2.39. The lowest BCUT2D eigenvalue weighted by atomic mass is 10.1. The van der Waals surface area contributed by atoms with E-state index in [1.54, 1.807) is 12.1 Å². The lowest BCUT2D eigenvalue weighted by Gasteiger charge is -2.25. The summed E-state index contributed by atoms with van der Waals surface area (Å²) >= 11 is 0. The van der Waals surface area contributed by atoms with E-state index in [9.17, 15) is 23.1 Å². The van der Waals surface area contributed by atoms with Gasteiger partial charge in [0.25, 0.3) is 0 Å². The minimum atomic E-state index is -3.54. The zero-order chi connectivity index (χ0) is 22.0. The summed E-state index contributed by atoms with van der Waals surface area (Å²) in [7, 11) is -3.54. The molecule has 2 atom stereocenters. The number of amides is 1. The summed E-state index contributed by atoms with van der Waals surface area (Å²) in [6.45, 7) is 2.45. The quantitative estimate of drug-likeness (QED) is 0.461. The maximum atomic E-state index is 12.8. The van der Waals surface area contributed by atoms with Gasteiger partial charge in [-0.15, -0.1) is 0 Å². The molecule has 1 aromatic carbocycles. The zero-order valence-corrected chi connectivity index (χ0v) is 18.6. The van der Waals surface area contributed by atoms with Gasteiger partial charge in [-0.3, -0.25) is 4.79 Å². The summed E-state index contributed by atoms with van der Waals surface area (Å²) in [6.07, 6.45) is 7.06. The number of carbonyl (C=O) groups excluding carboxylic acids is 1. The molecule has 1 saturated heterocycles. The Balaban J connectivity index is 1.93. The van der Waals surface area contributed by atoms with Crippen LogP contribution in [0.2, 0.25) is 0 Å². The first-order valence-corrected chi connectivity index (χ1v) is 12.5. The van der Waals surface area contributed by atoms with Crippen LogP contribution in [0.3, 0.4) is 0 Å². The SMILES string of the molecule is CCCCCCCCS(=O)(=O)N1CCC[C@H]1C(=O)N[C@@H](Cc1ccccc1)C(=O)O. The molecule has 1 fully saturated rings. The van der Waals surface area contributed by atoms with E-state index in [1.807, 2.05) is 18.2 Å². The molecule has 8 heteroatoms. The molecule has 0 bridgehead atoms. The molecule has 30 heavy (non-hydrogen) atoms. The molecule has 0 aliphatic carbocycles. The number of hydrogen-bond acceptors (Lipinski definition) is 4. The lowest BCUT2D eigenvalue weighted by molar-refractivity contribution is -0.142. The molecule has 0 unspecified atom stereocenters. The van der Waals surface area contributed by atoms with Crippen LogP contribution in [0, 0.1) is 0 Å². The number of carboxylic acids is 1. The average molecular weight is 439 g/mol. The molecule has 1 aliphatic rings. The van der Waals surface area contributed by atoms with Gasteiger partial charge in [0.2, 0.25) is 15.9 Å². The van der Waals surface area contributed by atoms with Crippen LogP contribution in [0.4, 0.5) is 0 Å². The molecule has 1 heterocycles. The molecule has 1 aromatic rings. The third-order valence-electron chi connectivity index (χ3n) is 5.52. The van der Waals surface area contributed by atoms with Crippen LogP contribution in [0.15, 0.2) is 30.3 Å². The Hall–Kier alpha value is -1.93. The van der Waals surface area contributed by atoms with E-state index in [1.165, 1.54) is 4.31 Å². The van der Waals surface area contributed by atoms with E-state index in [0.29, 0.717) is 25.8 Å². The number of benzene rings is 1. The van der Waals surface area contributed by atoms with Crippen molar-refractivity contribution in [2.24, 2.45) is 0 Å². The highest BCUT2D eigenvalue weighted by atomic mass is 32.2. The third-order valence-corrected chi connectivity index (χ3v) is 7.47. The number of aliphatic carboxylic acids is 1. The maximum Gasteiger partial charge on any atom is 0.326 e. The molecule has 0 radical (unpaired) electrons. The monoisotopic (exact) mass is 438 g/mol. The van der Waals surface area contributed by atoms with Crippen molar-refractivity contribution >= 4 is 21.9 Å². The second-order valence-electron chi connectivity index (χ2n) is 7.94. The minimum Gasteiger partial charge on any atom is -0.480 e. The number of rotatable bonds is 13. The second-order valence-corrected chi connectivity index (χ2v) is 9.98. The van der Waals surface area contributed by atoms with Gasteiger partial charge >= 0.3 is 5.97 Å². The van der Waals surface area contributed by atoms with Crippen molar-refractivity contribution in [2.45, 2.75) is 76.8 Å². The van der Waals surface area contributed by atoms with Crippen LogP contribution in [0.1, 0.15) is 63.9 Å². The van der Waals surface area contributed by atoms with Crippen LogP contribution in [0.25, 0.3) is 0 Å². The molecule has 2 N–H and O–H groups in total. The van der Waals surface area contributed by atoms with Crippen molar-refractivity contribution < 1.29 is 23.1 Å². The molecule has 0 saturated carbocycles. The van der Waals surface area contributed by atoms with Crippen molar-refractivity contribution in [1.29, 1.82) is 0 Å². The molecule has 0 spiro atoms. The average Bonchev–Trinajstić information content (AvgIpc) is 3.22. The van der Waals surface area contributed by atoms with E-state index < -0.39 is 34.0 Å². The second kappa shape index (κ2) is 12.1. The number of nitrogens with zero attached hydrogens (tertiary/aromatic N) is 1. The van der Waals surface area contributed by atoms with Crippen LogP contribution in [-0.2, 0) is 26.0 Å². The fourth-order valence-electron chi connectivity index (χ4n) is 3.83. The van der Waals surface area contributed by atoms with Gasteiger partial charge in [0, 0.05) is 13.0 Å². The Bertz CT molecular complexity index is 782. The van der Waals surface area contributed by atoms with E-state index in [4.69, 9.17) is 0 Å². The van der Waals surface area contributed by atoms with Crippen LogP contribution < -0.4 is 5.32 Å². The fourth-order valence-corrected chi connectivity index (χ4v) is 5.63. The third kappa shape index (κ3) is 7.40. The standard InChI is InChI=1S/C22H34N2O5S/c1-2-3-4-5-6-10-16-30(28,29)24-15-11-14-20(24)21(25)23-19(22(26)27)17-18-12-8-7-9-13-18/h7-9,12-13,19-20H,2-6,10-11,14-17H2,1H3,(H,23,25)(H,26,27)/t19-,20-/m0/s1. The highest BCUT2D eigenvalue weighted by molar-refractivity contribution is 7.89. The molecule has 2 rings (SSSR count). The number of carboxylic acid groups (broad SMARTS) is 1. The highest BCUT2D eigenvalue weighted by Crippen LogP contribution is 2.23. The summed E-state index contributed by atoms with van der Waals surface area (Å²) in [5.74, 6) is -1.62. The molecule has 1 aliphatic heterocycles. The number of carbonyl (C=O) groups is 2. The van der Waals surface area contributed by atoms with Gasteiger partial charge in [-0.05, 0) is 24.8 Å². The van der Waals surface area contributed by atoms with Gasteiger partial charge in [-0.2, -0.15) is 4.31 Å².